The summed E-state index contributed by atoms with van der Waals surface area (Å²) in [7, 11) is 3.04. The third-order valence-corrected chi connectivity index (χ3v) is 4.99. The molecule has 0 radical (unpaired) electrons. The van der Waals surface area contributed by atoms with E-state index in [1.165, 1.54) is 25.3 Å². The van der Waals surface area contributed by atoms with Crippen LogP contribution in [0.25, 0.3) is 6.08 Å². The Morgan fingerprint density at radius 3 is 2.46 bits per heavy atom. The van der Waals surface area contributed by atoms with Crippen LogP contribution >= 0.6 is 0 Å². The lowest BCUT2D eigenvalue weighted by molar-refractivity contribution is -0.384. The van der Waals surface area contributed by atoms with Gasteiger partial charge in [-0.2, -0.15) is 5.26 Å². The lowest BCUT2D eigenvalue weighted by Crippen LogP contribution is -2.23. The summed E-state index contributed by atoms with van der Waals surface area (Å²) in [6.07, 6.45) is 1.45. The van der Waals surface area contributed by atoms with Gasteiger partial charge in [-0.1, -0.05) is 30.3 Å². The molecule has 0 fully saturated rings. The van der Waals surface area contributed by atoms with E-state index in [1.807, 2.05) is 18.2 Å². The lowest BCUT2D eigenvalue weighted by Gasteiger charge is -2.12. The molecule has 3 aromatic rings. The van der Waals surface area contributed by atoms with Crippen LogP contribution in [0.15, 0.2) is 72.3 Å². The number of benzene rings is 3. The first kappa shape index (κ1) is 24.8. The van der Waals surface area contributed by atoms with Gasteiger partial charge in [0.2, 0.25) is 0 Å². The topological polar surface area (TPSA) is 124 Å². The van der Waals surface area contributed by atoms with E-state index in [9.17, 15) is 20.2 Å². The van der Waals surface area contributed by atoms with Crippen molar-refractivity contribution in [1.82, 2.24) is 5.32 Å². The summed E-state index contributed by atoms with van der Waals surface area (Å²) in [6.45, 7) is 0.361. The third kappa shape index (κ3) is 6.82. The Morgan fingerprint density at radius 1 is 1.03 bits per heavy atom. The number of nitro benzene ring substituents is 1. The van der Waals surface area contributed by atoms with E-state index < -0.39 is 10.8 Å². The maximum absolute atomic E-state index is 12.5. The van der Waals surface area contributed by atoms with Gasteiger partial charge in [-0.05, 0) is 47.0 Å². The van der Waals surface area contributed by atoms with E-state index in [4.69, 9.17) is 14.2 Å². The van der Waals surface area contributed by atoms with Gasteiger partial charge < -0.3 is 19.5 Å². The van der Waals surface area contributed by atoms with E-state index in [0.717, 1.165) is 5.56 Å². The highest BCUT2D eigenvalue weighted by Crippen LogP contribution is 2.30. The summed E-state index contributed by atoms with van der Waals surface area (Å²) in [4.78, 5) is 23.0. The Bertz CT molecular complexity index is 1280. The van der Waals surface area contributed by atoms with Gasteiger partial charge in [0.15, 0.2) is 11.5 Å². The van der Waals surface area contributed by atoms with Crippen molar-refractivity contribution in [2.24, 2.45) is 0 Å². The molecule has 0 aliphatic heterocycles. The Labute approximate surface area is 202 Å². The van der Waals surface area contributed by atoms with E-state index in [0.29, 0.717) is 28.4 Å². The van der Waals surface area contributed by atoms with Crippen LogP contribution in [0.4, 0.5) is 5.69 Å². The van der Waals surface area contributed by atoms with Crippen molar-refractivity contribution in [1.29, 1.82) is 5.26 Å². The molecule has 1 amide bonds. The molecular formula is C26H23N3O6. The Morgan fingerprint density at radius 2 is 1.80 bits per heavy atom. The SMILES string of the molecule is COc1ccc(CNC(=O)/C(C#N)=C\c2ccc(OCc3cccc([N+](=O)[O-])c3)c(OC)c2)cc1. The first-order valence-electron chi connectivity index (χ1n) is 10.5. The molecule has 3 rings (SSSR count). The zero-order chi connectivity index (χ0) is 25.2. The standard InChI is InChI=1S/C26H23N3O6/c1-33-23-9-6-18(7-10-23)16-28-26(30)21(15-27)12-19-8-11-24(25(14-19)34-2)35-17-20-4-3-5-22(13-20)29(31)32/h3-14H,16-17H2,1-2H3,(H,28,30)/b21-12-. The number of carbonyl (C=O) groups is 1. The predicted molar refractivity (Wildman–Crippen MR) is 129 cm³/mol. The summed E-state index contributed by atoms with van der Waals surface area (Å²) >= 11 is 0. The number of non-ortho nitro benzene ring substituents is 1. The molecule has 0 aromatic heterocycles. The van der Waals surface area contributed by atoms with Crippen molar-refractivity contribution in [2.45, 2.75) is 13.2 Å². The maximum Gasteiger partial charge on any atom is 0.269 e. The minimum atomic E-state index is -0.506. The summed E-state index contributed by atoms with van der Waals surface area (Å²) in [5, 5.41) is 23.1. The molecule has 178 valence electrons. The van der Waals surface area contributed by atoms with Crippen molar-refractivity contribution in [3.05, 3.63) is 99.1 Å². The molecule has 3 aromatic carbocycles. The van der Waals surface area contributed by atoms with Crippen molar-refractivity contribution < 1.29 is 23.9 Å². The van der Waals surface area contributed by atoms with Gasteiger partial charge in [0, 0.05) is 18.7 Å². The van der Waals surface area contributed by atoms with E-state index >= 15 is 0 Å². The van der Waals surface area contributed by atoms with Gasteiger partial charge in [-0.25, -0.2) is 0 Å². The fraction of sp³-hybridized carbons (Fsp3) is 0.154. The first-order valence-corrected chi connectivity index (χ1v) is 10.5. The highest BCUT2D eigenvalue weighted by atomic mass is 16.6. The normalized spacial score (nSPS) is 10.7. The maximum atomic E-state index is 12.5. The predicted octanol–water partition coefficient (Wildman–Crippen LogP) is 4.41. The number of nitrogens with zero attached hydrogens (tertiary/aromatic N) is 2. The number of amides is 1. The number of nitriles is 1. The number of hydrogen-bond donors (Lipinski definition) is 1. The molecule has 35 heavy (non-hydrogen) atoms. The van der Waals surface area contributed by atoms with Crippen LogP contribution in [0.5, 0.6) is 17.2 Å². The zero-order valence-electron chi connectivity index (χ0n) is 19.2. The number of ether oxygens (including phenoxy) is 3. The van der Waals surface area contributed by atoms with E-state index in [-0.39, 0.29) is 24.4 Å². The van der Waals surface area contributed by atoms with Gasteiger partial charge in [-0.3, -0.25) is 14.9 Å². The molecule has 0 bridgehead atoms. The van der Waals surface area contributed by atoms with Gasteiger partial charge >= 0.3 is 0 Å². The molecule has 0 saturated heterocycles. The molecular weight excluding hydrogens is 450 g/mol. The minimum absolute atomic E-state index is 0.0205. The lowest BCUT2D eigenvalue weighted by atomic mass is 10.1. The monoisotopic (exact) mass is 473 g/mol. The minimum Gasteiger partial charge on any atom is -0.497 e. The molecule has 0 atom stereocenters. The molecule has 0 heterocycles. The number of hydrogen-bond acceptors (Lipinski definition) is 7. The van der Waals surface area contributed by atoms with Crippen LogP contribution < -0.4 is 19.5 Å². The average Bonchev–Trinajstić information content (AvgIpc) is 2.89. The number of nitro groups is 1. The second-order valence-corrected chi connectivity index (χ2v) is 7.33. The Balaban J connectivity index is 1.68. The molecule has 9 nitrogen and oxygen atoms in total. The highest BCUT2D eigenvalue weighted by molar-refractivity contribution is 6.01. The van der Waals surface area contributed by atoms with Crippen molar-refractivity contribution >= 4 is 17.7 Å². The van der Waals surface area contributed by atoms with Crippen molar-refractivity contribution in [2.75, 3.05) is 14.2 Å². The average molecular weight is 473 g/mol. The zero-order valence-corrected chi connectivity index (χ0v) is 19.2. The molecule has 1 N–H and O–H groups in total. The van der Waals surface area contributed by atoms with Crippen LogP contribution in [0.2, 0.25) is 0 Å². The summed E-state index contributed by atoms with van der Waals surface area (Å²) in [5.74, 6) is 1.01. The van der Waals surface area contributed by atoms with E-state index in [1.54, 1.807) is 49.6 Å². The second kappa shape index (κ2) is 11.9. The number of methoxy groups -OCH3 is 2. The van der Waals surface area contributed by atoms with Gasteiger partial charge in [-0.15, -0.1) is 0 Å². The molecule has 9 heteroatoms. The Kier molecular flexibility index (Phi) is 8.40. The van der Waals surface area contributed by atoms with Crippen LogP contribution in [0.1, 0.15) is 16.7 Å². The molecule has 0 aliphatic carbocycles. The number of rotatable bonds is 10. The number of carbonyl (C=O) groups excluding carboxylic acids is 1. The summed E-state index contributed by atoms with van der Waals surface area (Å²) in [5.41, 5.74) is 1.98. The molecule has 0 unspecified atom stereocenters. The third-order valence-electron chi connectivity index (χ3n) is 4.99. The summed E-state index contributed by atoms with van der Waals surface area (Å²) in [6, 6.07) is 20.3. The molecule has 0 spiro atoms. The fourth-order valence-corrected chi connectivity index (χ4v) is 3.15. The van der Waals surface area contributed by atoms with Gasteiger partial charge in [0.25, 0.3) is 11.6 Å². The van der Waals surface area contributed by atoms with E-state index in [2.05, 4.69) is 5.32 Å². The van der Waals surface area contributed by atoms with Gasteiger partial charge in [0.1, 0.15) is 24.0 Å². The Hall–Kier alpha value is -4.84. The van der Waals surface area contributed by atoms with Gasteiger partial charge in [0.05, 0.1) is 19.1 Å². The second-order valence-electron chi connectivity index (χ2n) is 7.33. The van der Waals surface area contributed by atoms with Crippen molar-refractivity contribution in [3.63, 3.8) is 0 Å². The highest BCUT2D eigenvalue weighted by Gasteiger charge is 2.12. The smallest absolute Gasteiger partial charge is 0.269 e. The number of nitrogens with one attached hydrogen (secondary N) is 1. The molecule has 0 saturated carbocycles. The summed E-state index contributed by atoms with van der Waals surface area (Å²) < 4.78 is 16.3. The first-order chi connectivity index (χ1) is 16.9. The van der Waals surface area contributed by atoms with Crippen LogP contribution in [-0.2, 0) is 17.9 Å². The largest absolute Gasteiger partial charge is 0.497 e. The van der Waals surface area contributed by atoms with Crippen LogP contribution in [0.3, 0.4) is 0 Å². The van der Waals surface area contributed by atoms with Crippen LogP contribution in [0, 0.1) is 21.4 Å². The van der Waals surface area contributed by atoms with Crippen molar-refractivity contribution in [3.8, 4) is 23.3 Å². The fourth-order valence-electron chi connectivity index (χ4n) is 3.15. The quantitative estimate of drug-likeness (QED) is 0.200. The van der Waals surface area contributed by atoms with Crippen LogP contribution in [-0.4, -0.2) is 25.1 Å². The molecule has 0 aliphatic rings.